The van der Waals surface area contributed by atoms with Crippen LogP contribution in [-0.4, -0.2) is 41.7 Å². The second kappa shape index (κ2) is 11.3. The van der Waals surface area contributed by atoms with Gasteiger partial charge in [-0.1, -0.05) is 31.5 Å². The largest absolute Gasteiger partial charge is 0.460 e. The van der Waals surface area contributed by atoms with Gasteiger partial charge in [0.05, 0.1) is 34.3 Å². The van der Waals surface area contributed by atoms with Gasteiger partial charge in [0.15, 0.2) is 0 Å². The quantitative estimate of drug-likeness (QED) is 0.200. The summed E-state index contributed by atoms with van der Waals surface area (Å²) in [5, 5.41) is 10.6. The summed E-state index contributed by atoms with van der Waals surface area (Å²) in [5.41, 5.74) is 3.23. The Kier molecular flexibility index (Phi) is 8.47. The molecule has 0 saturated carbocycles. The van der Waals surface area contributed by atoms with E-state index in [0.717, 1.165) is 36.3 Å². The predicted molar refractivity (Wildman–Crippen MR) is 131 cm³/mol. The molecule has 0 bridgehead atoms. The van der Waals surface area contributed by atoms with Gasteiger partial charge in [-0.2, -0.15) is 17.9 Å². The summed E-state index contributed by atoms with van der Waals surface area (Å²) in [6.07, 6.45) is 7.84. The molecule has 0 aromatic carbocycles. The van der Waals surface area contributed by atoms with Crippen molar-refractivity contribution in [1.29, 1.82) is 5.26 Å². The van der Waals surface area contributed by atoms with E-state index in [1.807, 2.05) is 24.6 Å². The van der Waals surface area contributed by atoms with E-state index in [9.17, 15) is 10.1 Å². The van der Waals surface area contributed by atoms with Crippen LogP contribution >= 0.6 is 24.4 Å². The number of thiol groups is 1. The summed E-state index contributed by atoms with van der Waals surface area (Å²) in [6.45, 7) is 6.01. The first-order valence-electron chi connectivity index (χ1n) is 10.7. The van der Waals surface area contributed by atoms with Gasteiger partial charge in [0, 0.05) is 30.6 Å². The number of hydrogen-bond acceptors (Lipinski definition) is 9. The van der Waals surface area contributed by atoms with Crippen LogP contribution in [0.3, 0.4) is 0 Å². The van der Waals surface area contributed by atoms with Crippen molar-refractivity contribution in [2.45, 2.75) is 49.6 Å². The van der Waals surface area contributed by atoms with Crippen LogP contribution in [0, 0.1) is 18.3 Å². The summed E-state index contributed by atoms with van der Waals surface area (Å²) in [6, 6.07) is 4.16. The summed E-state index contributed by atoms with van der Waals surface area (Å²) >= 11 is 6.17. The van der Waals surface area contributed by atoms with E-state index in [4.69, 9.17) is 22.3 Å². The Balaban J connectivity index is 2.11. The van der Waals surface area contributed by atoms with Crippen molar-refractivity contribution in [3.63, 3.8) is 0 Å². The van der Waals surface area contributed by atoms with Crippen LogP contribution in [0.5, 0.6) is 0 Å². The predicted octanol–water partition coefficient (Wildman–Crippen LogP) is 4.83. The van der Waals surface area contributed by atoms with Crippen LogP contribution in [0.1, 0.15) is 55.1 Å². The van der Waals surface area contributed by atoms with E-state index in [0.29, 0.717) is 21.8 Å². The molecule has 1 unspecified atom stereocenters. The molecule has 0 aliphatic rings. The molecule has 8 nitrogen and oxygen atoms in total. The highest BCUT2D eigenvalue weighted by Gasteiger charge is 2.21. The molecule has 3 heterocycles. The molecule has 0 fully saturated rings. The molecule has 3 aromatic rings. The van der Waals surface area contributed by atoms with Crippen molar-refractivity contribution in [3.05, 3.63) is 41.9 Å². The molecule has 0 spiro atoms. The zero-order valence-electron chi connectivity index (χ0n) is 19.1. The molecule has 0 N–H and O–H groups in total. The third-order valence-electron chi connectivity index (χ3n) is 5.05. The average Bonchev–Trinajstić information content (AvgIpc) is 3.15. The zero-order valence-corrected chi connectivity index (χ0v) is 20.8. The molecular formula is C23H26N6O2S2. The van der Waals surface area contributed by atoms with Gasteiger partial charge in [-0.25, -0.2) is 24.7 Å². The van der Waals surface area contributed by atoms with E-state index in [1.165, 1.54) is 24.2 Å². The molecular weight excluding hydrogens is 456 g/mol. The second-order valence-corrected chi connectivity index (χ2v) is 9.49. The molecule has 0 amide bonds. The number of nitriles is 1. The minimum atomic E-state index is -0.576. The monoisotopic (exact) mass is 482 g/mol. The molecule has 0 aliphatic heterocycles. The third-order valence-corrected chi connectivity index (χ3v) is 6.65. The lowest BCUT2D eigenvalue weighted by molar-refractivity contribution is 0.0512. The Morgan fingerprint density at radius 1 is 1.27 bits per heavy atom. The maximum absolute atomic E-state index is 11.9. The normalized spacial score (nSPS) is 11.8. The highest BCUT2D eigenvalue weighted by atomic mass is 32.2. The Bertz CT molecular complexity index is 1170. The number of unbranched alkanes of at least 4 members (excludes halogenated alkanes) is 1. The molecule has 0 aliphatic carbocycles. The number of ether oxygens (including phenoxy) is 1. The van der Waals surface area contributed by atoms with E-state index in [2.05, 4.69) is 27.9 Å². The van der Waals surface area contributed by atoms with Crippen LogP contribution < -0.4 is 0 Å². The highest BCUT2D eigenvalue weighted by molar-refractivity contribution is 8.10. The number of nitrogens with zero attached hydrogens (tertiary/aromatic N) is 6. The van der Waals surface area contributed by atoms with E-state index < -0.39 is 5.97 Å². The van der Waals surface area contributed by atoms with Gasteiger partial charge in [-0.15, -0.1) is 0 Å². The molecule has 172 valence electrons. The fraction of sp³-hybridized carbons (Fsp3) is 0.391. The third kappa shape index (κ3) is 5.72. The lowest BCUT2D eigenvalue weighted by Crippen LogP contribution is -2.09. The number of thioether (sulfide) groups is 1. The van der Waals surface area contributed by atoms with Crippen LogP contribution in [0.2, 0.25) is 0 Å². The number of aryl methyl sites for hydroxylation is 1. The van der Waals surface area contributed by atoms with E-state index >= 15 is 0 Å². The van der Waals surface area contributed by atoms with Gasteiger partial charge in [-0.05, 0) is 26.3 Å². The Morgan fingerprint density at radius 2 is 2.00 bits per heavy atom. The Labute approximate surface area is 203 Å². The zero-order chi connectivity index (χ0) is 24.0. The minimum Gasteiger partial charge on any atom is -0.460 e. The molecule has 33 heavy (non-hydrogen) atoms. The van der Waals surface area contributed by atoms with Crippen molar-refractivity contribution in [2.75, 3.05) is 6.61 Å². The number of carbonyl (C=O) groups excluding carboxylic acids is 1. The topological polar surface area (TPSA) is 107 Å². The molecule has 10 heteroatoms. The number of esters is 1. The van der Waals surface area contributed by atoms with E-state index in [1.54, 1.807) is 13.1 Å². The van der Waals surface area contributed by atoms with Gasteiger partial charge in [0.1, 0.15) is 16.9 Å². The van der Waals surface area contributed by atoms with Crippen LogP contribution in [0.15, 0.2) is 29.7 Å². The molecule has 0 saturated heterocycles. The maximum atomic E-state index is 11.9. The van der Waals surface area contributed by atoms with Crippen molar-refractivity contribution < 1.29 is 9.53 Å². The van der Waals surface area contributed by atoms with Crippen LogP contribution in [-0.2, 0) is 11.8 Å². The summed E-state index contributed by atoms with van der Waals surface area (Å²) < 4.78 is 6.89. The first kappa shape index (κ1) is 24.7. The number of imidazole rings is 1. The van der Waals surface area contributed by atoms with Crippen LogP contribution in [0.4, 0.5) is 0 Å². The highest BCUT2D eigenvalue weighted by Crippen LogP contribution is 2.37. The standard InChI is InChI=1S/C23H26N6O2S2/c1-5-7-8-20(32)33-22-17(10-24)16(19-13-25-14(3)29(19)4)9-18(28-22)15-11-26-21(27-12-15)23(30)31-6-2/h9,11-13,20,32H,5-8H2,1-4H3. The first-order valence-corrected chi connectivity index (χ1v) is 12.1. The molecule has 3 rings (SSSR count). The van der Waals surface area contributed by atoms with Crippen molar-refractivity contribution in [3.8, 4) is 28.6 Å². The number of pyridine rings is 1. The number of aromatic nitrogens is 5. The smallest absolute Gasteiger partial charge is 0.376 e. The first-order chi connectivity index (χ1) is 15.9. The Hall–Kier alpha value is -2.90. The van der Waals surface area contributed by atoms with Gasteiger partial charge < -0.3 is 9.30 Å². The maximum Gasteiger partial charge on any atom is 0.376 e. The van der Waals surface area contributed by atoms with Crippen molar-refractivity contribution >= 4 is 30.4 Å². The van der Waals surface area contributed by atoms with Crippen LogP contribution in [0.25, 0.3) is 22.5 Å². The number of carbonyl (C=O) groups is 1. The second-order valence-electron chi connectivity index (χ2n) is 7.33. The average molecular weight is 483 g/mol. The van der Waals surface area contributed by atoms with Crippen molar-refractivity contribution in [2.24, 2.45) is 7.05 Å². The summed E-state index contributed by atoms with van der Waals surface area (Å²) in [7, 11) is 1.91. The number of hydrogen-bond donors (Lipinski definition) is 1. The summed E-state index contributed by atoms with van der Waals surface area (Å²) in [4.78, 5) is 29.3. The van der Waals surface area contributed by atoms with Gasteiger partial charge in [-0.3, -0.25) is 0 Å². The fourth-order valence-electron chi connectivity index (χ4n) is 3.15. The Morgan fingerprint density at radius 3 is 2.58 bits per heavy atom. The van der Waals surface area contributed by atoms with Gasteiger partial charge in [0.2, 0.25) is 5.82 Å². The van der Waals surface area contributed by atoms with Crippen molar-refractivity contribution in [1.82, 2.24) is 24.5 Å². The summed E-state index contributed by atoms with van der Waals surface area (Å²) in [5.74, 6) is 0.243. The molecule has 0 radical (unpaired) electrons. The number of rotatable bonds is 9. The van der Waals surface area contributed by atoms with Gasteiger partial charge in [0.25, 0.3) is 0 Å². The lowest BCUT2D eigenvalue weighted by Gasteiger charge is -2.15. The van der Waals surface area contributed by atoms with Gasteiger partial charge >= 0.3 is 5.97 Å². The van der Waals surface area contributed by atoms with E-state index in [-0.39, 0.29) is 17.0 Å². The molecule has 3 aromatic heterocycles. The molecule has 1 atom stereocenters. The SMILES string of the molecule is CCCCC(S)Sc1nc(-c2cnc(C(=O)OCC)nc2)cc(-c2cnc(C)n2C)c1C#N. The fourth-order valence-corrected chi connectivity index (χ4v) is 4.59. The minimum absolute atomic E-state index is 0.00311. The lowest BCUT2D eigenvalue weighted by atomic mass is 10.0.